The van der Waals surface area contributed by atoms with E-state index in [4.69, 9.17) is 0 Å². The molecule has 2 aromatic rings. The van der Waals surface area contributed by atoms with Crippen LogP contribution in [0.3, 0.4) is 0 Å². The minimum absolute atomic E-state index is 0.136. The number of halogens is 1. The number of hydrogen-bond acceptors (Lipinski definition) is 4. The van der Waals surface area contributed by atoms with Gasteiger partial charge in [0.1, 0.15) is 4.47 Å². The molecule has 2 aromatic heterocycles. The topological polar surface area (TPSA) is 59.8 Å². The smallest absolute Gasteiger partial charge is 0.283 e. The Bertz CT molecular complexity index is 582. The molecule has 5 nitrogen and oxygen atoms in total. The van der Waals surface area contributed by atoms with Gasteiger partial charge in [-0.25, -0.2) is 4.68 Å². The van der Waals surface area contributed by atoms with Crippen LogP contribution in [-0.4, -0.2) is 14.8 Å². The first-order valence-corrected chi connectivity index (χ1v) is 6.41. The number of hydrogen-bond donors (Lipinski definition) is 1. The van der Waals surface area contributed by atoms with Crippen LogP contribution in [0.4, 0.5) is 5.69 Å². The van der Waals surface area contributed by atoms with Crippen molar-refractivity contribution >= 4 is 21.6 Å². The van der Waals surface area contributed by atoms with Gasteiger partial charge in [-0.15, -0.1) is 0 Å². The summed E-state index contributed by atoms with van der Waals surface area (Å²) in [6, 6.07) is 5.71. The summed E-state index contributed by atoms with van der Waals surface area (Å²) in [6.07, 6.45) is 3.37. The summed E-state index contributed by atoms with van der Waals surface area (Å²) in [5, 5.41) is 7.20. The molecule has 0 aliphatic heterocycles. The highest BCUT2D eigenvalue weighted by molar-refractivity contribution is 9.10. The van der Waals surface area contributed by atoms with Crippen LogP contribution >= 0.6 is 15.9 Å². The van der Waals surface area contributed by atoms with Crippen molar-refractivity contribution in [2.45, 2.75) is 20.0 Å². The third-order valence-electron chi connectivity index (χ3n) is 2.47. The minimum Gasteiger partial charge on any atom is -0.377 e. The van der Waals surface area contributed by atoms with Crippen LogP contribution in [0.25, 0.3) is 0 Å². The Balaban J connectivity index is 2.16. The normalized spacial score (nSPS) is 10.3. The van der Waals surface area contributed by atoms with Crippen LogP contribution in [0.15, 0.2) is 39.9 Å². The molecule has 0 aromatic carbocycles. The maximum absolute atomic E-state index is 11.8. The van der Waals surface area contributed by atoms with E-state index in [2.05, 4.69) is 31.3 Å². The number of nitrogens with zero attached hydrogens (tertiary/aromatic N) is 3. The fourth-order valence-electron chi connectivity index (χ4n) is 1.50. The molecule has 6 heteroatoms. The Morgan fingerprint density at radius 1 is 1.44 bits per heavy atom. The number of aromatic nitrogens is 3. The van der Waals surface area contributed by atoms with E-state index in [0.717, 1.165) is 5.69 Å². The summed E-state index contributed by atoms with van der Waals surface area (Å²) in [4.78, 5) is 16.0. The molecular formula is C12H13BrN4O. The van der Waals surface area contributed by atoms with Crippen molar-refractivity contribution in [1.29, 1.82) is 0 Å². The lowest BCUT2D eigenvalue weighted by atomic mass is 10.3. The van der Waals surface area contributed by atoms with Crippen molar-refractivity contribution in [3.63, 3.8) is 0 Å². The average molecular weight is 309 g/mol. The first-order chi connectivity index (χ1) is 8.72. The van der Waals surface area contributed by atoms with Gasteiger partial charge in [-0.3, -0.25) is 9.78 Å². The molecule has 0 spiro atoms. The van der Waals surface area contributed by atoms with E-state index in [-0.39, 0.29) is 5.56 Å². The molecule has 94 valence electrons. The predicted octanol–water partition coefficient (Wildman–Crippen LogP) is 2.03. The molecule has 0 atom stereocenters. The summed E-state index contributed by atoms with van der Waals surface area (Å²) in [7, 11) is 0. The molecule has 2 heterocycles. The zero-order valence-electron chi connectivity index (χ0n) is 9.93. The summed E-state index contributed by atoms with van der Waals surface area (Å²) in [6.45, 7) is 2.98. The van der Waals surface area contributed by atoms with Crippen molar-refractivity contribution in [2.24, 2.45) is 0 Å². The first-order valence-electron chi connectivity index (χ1n) is 5.61. The second-order valence-electron chi connectivity index (χ2n) is 3.67. The summed E-state index contributed by atoms with van der Waals surface area (Å²) >= 11 is 3.29. The van der Waals surface area contributed by atoms with Crippen molar-refractivity contribution in [2.75, 3.05) is 5.32 Å². The first kappa shape index (κ1) is 12.8. The second kappa shape index (κ2) is 5.77. The lowest BCUT2D eigenvalue weighted by molar-refractivity contribution is 0.613. The van der Waals surface area contributed by atoms with Gasteiger partial charge >= 0.3 is 0 Å². The van der Waals surface area contributed by atoms with E-state index < -0.39 is 0 Å². The number of nitrogens with one attached hydrogen (secondary N) is 1. The summed E-state index contributed by atoms with van der Waals surface area (Å²) in [5.74, 6) is 0. The van der Waals surface area contributed by atoms with Gasteiger partial charge in [-0.05, 0) is 35.0 Å². The van der Waals surface area contributed by atoms with Crippen molar-refractivity contribution in [3.8, 4) is 0 Å². The largest absolute Gasteiger partial charge is 0.377 e. The molecular weight excluding hydrogens is 296 g/mol. The fraction of sp³-hybridized carbons (Fsp3) is 0.250. The Kier molecular flexibility index (Phi) is 4.09. The standard InChI is InChI=1S/C12H13BrN4O/c1-2-17-12(18)11(13)10(8-16-17)15-7-9-5-3-4-6-14-9/h3-6,8,15H,2,7H2,1H3. The van der Waals surface area contributed by atoms with E-state index in [0.29, 0.717) is 23.2 Å². The van der Waals surface area contributed by atoms with E-state index in [1.54, 1.807) is 12.4 Å². The molecule has 0 aliphatic carbocycles. The van der Waals surface area contributed by atoms with Crippen LogP contribution in [0, 0.1) is 0 Å². The van der Waals surface area contributed by atoms with E-state index in [1.165, 1.54) is 4.68 Å². The van der Waals surface area contributed by atoms with Crippen LogP contribution in [0.1, 0.15) is 12.6 Å². The highest BCUT2D eigenvalue weighted by Crippen LogP contribution is 2.16. The highest BCUT2D eigenvalue weighted by atomic mass is 79.9. The summed E-state index contributed by atoms with van der Waals surface area (Å²) in [5.41, 5.74) is 1.45. The van der Waals surface area contributed by atoms with Gasteiger partial charge in [0, 0.05) is 12.7 Å². The number of anilines is 1. The monoisotopic (exact) mass is 308 g/mol. The minimum atomic E-state index is -0.136. The molecule has 0 fully saturated rings. The van der Waals surface area contributed by atoms with Gasteiger partial charge in [0.2, 0.25) is 0 Å². The van der Waals surface area contributed by atoms with Crippen molar-refractivity contribution < 1.29 is 0 Å². The van der Waals surface area contributed by atoms with E-state index >= 15 is 0 Å². The van der Waals surface area contributed by atoms with Gasteiger partial charge in [0.15, 0.2) is 0 Å². The zero-order valence-corrected chi connectivity index (χ0v) is 11.5. The highest BCUT2D eigenvalue weighted by Gasteiger charge is 2.07. The predicted molar refractivity (Wildman–Crippen MR) is 73.4 cm³/mol. The van der Waals surface area contributed by atoms with Crippen LogP contribution in [0.5, 0.6) is 0 Å². The molecule has 18 heavy (non-hydrogen) atoms. The SMILES string of the molecule is CCn1ncc(NCc2ccccn2)c(Br)c1=O. The molecule has 0 aliphatic rings. The van der Waals surface area contributed by atoms with Gasteiger partial charge in [-0.1, -0.05) is 6.07 Å². The molecule has 0 saturated heterocycles. The number of aryl methyl sites for hydroxylation is 1. The second-order valence-corrected chi connectivity index (χ2v) is 4.46. The van der Waals surface area contributed by atoms with E-state index in [9.17, 15) is 4.79 Å². The van der Waals surface area contributed by atoms with Gasteiger partial charge in [0.05, 0.1) is 24.1 Å². The van der Waals surface area contributed by atoms with E-state index in [1.807, 2.05) is 25.1 Å². The fourth-order valence-corrected chi connectivity index (χ4v) is 1.95. The number of rotatable bonds is 4. The molecule has 1 N–H and O–H groups in total. The Labute approximate surface area is 113 Å². The quantitative estimate of drug-likeness (QED) is 0.939. The summed E-state index contributed by atoms with van der Waals surface area (Å²) < 4.78 is 1.89. The number of pyridine rings is 1. The van der Waals surface area contributed by atoms with Crippen molar-refractivity contribution in [1.82, 2.24) is 14.8 Å². The van der Waals surface area contributed by atoms with Gasteiger partial charge < -0.3 is 5.32 Å². The molecule has 0 amide bonds. The molecule has 0 bridgehead atoms. The lowest BCUT2D eigenvalue weighted by Crippen LogP contribution is -2.23. The Morgan fingerprint density at radius 2 is 2.28 bits per heavy atom. The Hall–Kier alpha value is -1.69. The molecule has 0 unspecified atom stereocenters. The van der Waals surface area contributed by atoms with Crippen molar-refractivity contribution in [3.05, 3.63) is 51.1 Å². The maximum Gasteiger partial charge on any atom is 0.283 e. The molecule has 2 rings (SSSR count). The third-order valence-corrected chi connectivity index (χ3v) is 3.24. The van der Waals surface area contributed by atoms with Crippen LogP contribution in [0.2, 0.25) is 0 Å². The Morgan fingerprint density at radius 3 is 2.94 bits per heavy atom. The zero-order chi connectivity index (χ0) is 13.0. The molecule has 0 saturated carbocycles. The lowest BCUT2D eigenvalue weighted by Gasteiger charge is -2.09. The van der Waals surface area contributed by atoms with Gasteiger partial charge in [-0.2, -0.15) is 5.10 Å². The third kappa shape index (κ3) is 2.76. The molecule has 0 radical (unpaired) electrons. The maximum atomic E-state index is 11.8. The van der Waals surface area contributed by atoms with Crippen LogP contribution in [-0.2, 0) is 13.1 Å². The average Bonchev–Trinajstić information content (AvgIpc) is 2.42. The van der Waals surface area contributed by atoms with Crippen LogP contribution < -0.4 is 10.9 Å². The van der Waals surface area contributed by atoms with Gasteiger partial charge in [0.25, 0.3) is 5.56 Å².